The molecule has 1 atom stereocenters. The van der Waals surface area contributed by atoms with Crippen molar-refractivity contribution in [3.8, 4) is 0 Å². The highest BCUT2D eigenvalue weighted by molar-refractivity contribution is 7.92. The fourth-order valence-corrected chi connectivity index (χ4v) is 3.86. The first-order valence-corrected chi connectivity index (χ1v) is 9.73. The Morgan fingerprint density at radius 2 is 2.14 bits per heavy atom. The van der Waals surface area contributed by atoms with Crippen LogP contribution in [0.3, 0.4) is 0 Å². The van der Waals surface area contributed by atoms with E-state index in [0.29, 0.717) is 0 Å². The van der Waals surface area contributed by atoms with Crippen molar-refractivity contribution < 1.29 is 27.5 Å². The molecular formula is C15H14ClN5O6S. The third-order valence-electron chi connectivity index (χ3n) is 3.91. The van der Waals surface area contributed by atoms with Crippen molar-refractivity contribution in [2.24, 2.45) is 0 Å². The molecule has 3 heterocycles. The van der Waals surface area contributed by atoms with Crippen LogP contribution in [0.5, 0.6) is 0 Å². The molecule has 3 rings (SSSR count). The molecule has 0 radical (unpaired) electrons. The fraction of sp³-hybridized carbons (Fsp3) is 0.267. The highest BCUT2D eigenvalue weighted by Gasteiger charge is 2.33. The molecule has 0 aliphatic carbocycles. The standard InChI is InChI=1S/C15H14ClN5O6S/c1-27-15(24)12-13(20-28(25,26)11-4-2-3-9(16)18-11)21(7-17-12)8-5-6-10(22)19-14(8)23/h2-4,7-8,20H,5-6H2,1H3,(H,19,22,23). The third kappa shape index (κ3) is 3.82. The minimum Gasteiger partial charge on any atom is -0.464 e. The summed E-state index contributed by atoms with van der Waals surface area (Å²) in [6.07, 6.45) is 1.27. The number of hydrogen-bond donors (Lipinski definition) is 2. The molecule has 1 unspecified atom stereocenters. The zero-order valence-electron chi connectivity index (χ0n) is 14.4. The number of esters is 1. The average Bonchev–Trinajstić information content (AvgIpc) is 3.03. The summed E-state index contributed by atoms with van der Waals surface area (Å²) in [5, 5.41) is 1.72. The Kier molecular flexibility index (Phi) is 5.34. The van der Waals surface area contributed by atoms with Gasteiger partial charge in [0.2, 0.25) is 11.8 Å². The minimum atomic E-state index is -4.27. The molecule has 13 heteroatoms. The Hall–Kier alpha value is -2.99. The van der Waals surface area contributed by atoms with Crippen LogP contribution in [-0.4, -0.2) is 47.8 Å². The van der Waals surface area contributed by atoms with Crippen LogP contribution in [0.15, 0.2) is 29.6 Å². The molecule has 0 bridgehead atoms. The van der Waals surface area contributed by atoms with Gasteiger partial charge in [-0.1, -0.05) is 17.7 Å². The summed E-state index contributed by atoms with van der Waals surface area (Å²) in [7, 11) is -3.17. The average molecular weight is 428 g/mol. The van der Waals surface area contributed by atoms with Crippen molar-refractivity contribution >= 4 is 45.2 Å². The second kappa shape index (κ2) is 7.56. The number of aromatic nitrogens is 3. The fourth-order valence-electron chi connectivity index (χ4n) is 2.61. The van der Waals surface area contributed by atoms with Crippen molar-refractivity contribution in [3.05, 3.63) is 35.4 Å². The number of carbonyl (C=O) groups is 3. The Balaban J connectivity index is 2.05. The summed E-state index contributed by atoms with van der Waals surface area (Å²) >= 11 is 5.74. The van der Waals surface area contributed by atoms with Crippen LogP contribution in [0.25, 0.3) is 0 Å². The predicted molar refractivity (Wildman–Crippen MR) is 95.0 cm³/mol. The largest absolute Gasteiger partial charge is 0.464 e. The number of sulfonamides is 1. The molecule has 2 amide bonds. The summed E-state index contributed by atoms with van der Waals surface area (Å²) in [5.74, 6) is -2.29. The van der Waals surface area contributed by atoms with Gasteiger partial charge in [-0.2, -0.15) is 8.42 Å². The van der Waals surface area contributed by atoms with E-state index in [1.807, 2.05) is 0 Å². The number of anilines is 1. The molecule has 0 spiro atoms. The van der Waals surface area contributed by atoms with E-state index in [1.54, 1.807) is 0 Å². The van der Waals surface area contributed by atoms with Crippen molar-refractivity contribution in [1.29, 1.82) is 0 Å². The number of halogens is 1. The van der Waals surface area contributed by atoms with E-state index >= 15 is 0 Å². The number of imide groups is 1. The number of hydrogen-bond acceptors (Lipinski definition) is 8. The van der Waals surface area contributed by atoms with Gasteiger partial charge in [0, 0.05) is 6.42 Å². The lowest BCUT2D eigenvalue weighted by atomic mass is 10.1. The van der Waals surface area contributed by atoms with Gasteiger partial charge in [0.05, 0.1) is 13.4 Å². The lowest BCUT2D eigenvalue weighted by Gasteiger charge is -2.24. The van der Waals surface area contributed by atoms with Crippen molar-refractivity contribution in [2.45, 2.75) is 23.9 Å². The summed E-state index contributed by atoms with van der Waals surface area (Å²) in [4.78, 5) is 43.2. The van der Waals surface area contributed by atoms with Crippen molar-refractivity contribution in [1.82, 2.24) is 19.9 Å². The second-order valence-corrected chi connectivity index (χ2v) is 7.73. The molecule has 11 nitrogen and oxygen atoms in total. The maximum Gasteiger partial charge on any atom is 0.360 e. The van der Waals surface area contributed by atoms with Gasteiger partial charge >= 0.3 is 5.97 Å². The summed E-state index contributed by atoms with van der Waals surface area (Å²) < 4.78 is 33.4. The van der Waals surface area contributed by atoms with Crippen LogP contribution in [0, 0.1) is 0 Å². The van der Waals surface area contributed by atoms with Gasteiger partial charge in [0.1, 0.15) is 11.2 Å². The monoisotopic (exact) mass is 427 g/mol. The molecule has 148 valence electrons. The Morgan fingerprint density at radius 3 is 2.79 bits per heavy atom. The van der Waals surface area contributed by atoms with Crippen molar-refractivity contribution in [2.75, 3.05) is 11.8 Å². The number of amides is 2. The number of nitrogens with one attached hydrogen (secondary N) is 2. The van der Waals surface area contributed by atoms with Crippen LogP contribution >= 0.6 is 11.6 Å². The molecule has 0 saturated carbocycles. The van der Waals surface area contributed by atoms with Gasteiger partial charge < -0.3 is 9.30 Å². The minimum absolute atomic E-state index is 0.0458. The van der Waals surface area contributed by atoms with Gasteiger partial charge in [-0.15, -0.1) is 0 Å². The molecule has 1 saturated heterocycles. The Labute approximate surface area is 164 Å². The van der Waals surface area contributed by atoms with Gasteiger partial charge in [-0.25, -0.2) is 14.8 Å². The first-order valence-electron chi connectivity index (χ1n) is 7.87. The van der Waals surface area contributed by atoms with Crippen LogP contribution < -0.4 is 10.0 Å². The number of methoxy groups -OCH3 is 1. The molecule has 1 aliphatic heterocycles. The van der Waals surface area contributed by atoms with Crippen LogP contribution in [0.2, 0.25) is 5.15 Å². The molecule has 2 aromatic rings. The number of carbonyl (C=O) groups excluding carboxylic acids is 3. The molecule has 28 heavy (non-hydrogen) atoms. The lowest BCUT2D eigenvalue weighted by molar-refractivity contribution is -0.135. The molecule has 2 N–H and O–H groups in total. The Morgan fingerprint density at radius 1 is 1.39 bits per heavy atom. The molecule has 0 aromatic carbocycles. The van der Waals surface area contributed by atoms with Gasteiger partial charge in [-0.05, 0) is 18.6 Å². The summed E-state index contributed by atoms with van der Waals surface area (Å²) in [6.45, 7) is 0. The summed E-state index contributed by atoms with van der Waals surface area (Å²) in [6, 6.07) is 3.05. The molecule has 1 aliphatic rings. The first-order chi connectivity index (χ1) is 13.2. The van der Waals surface area contributed by atoms with Crippen molar-refractivity contribution in [3.63, 3.8) is 0 Å². The number of pyridine rings is 1. The number of piperidine rings is 1. The normalized spacial score (nSPS) is 17.1. The van der Waals surface area contributed by atoms with Crippen LogP contribution in [-0.2, 0) is 24.3 Å². The Bertz CT molecular complexity index is 1070. The quantitative estimate of drug-likeness (QED) is 0.398. The maximum absolute atomic E-state index is 12.7. The van der Waals surface area contributed by atoms with E-state index < -0.39 is 38.9 Å². The van der Waals surface area contributed by atoms with E-state index in [9.17, 15) is 22.8 Å². The van der Waals surface area contributed by atoms with E-state index in [1.165, 1.54) is 18.2 Å². The van der Waals surface area contributed by atoms with E-state index in [0.717, 1.165) is 18.0 Å². The van der Waals surface area contributed by atoms with E-state index in [-0.39, 0.29) is 29.5 Å². The highest BCUT2D eigenvalue weighted by Crippen LogP contribution is 2.28. The number of imidazole rings is 1. The lowest BCUT2D eigenvalue weighted by Crippen LogP contribution is -2.42. The third-order valence-corrected chi connectivity index (χ3v) is 5.36. The zero-order chi connectivity index (χ0) is 20.5. The number of rotatable bonds is 5. The van der Waals surface area contributed by atoms with Crippen LogP contribution in [0.4, 0.5) is 5.82 Å². The topological polar surface area (TPSA) is 149 Å². The molecule has 2 aromatic heterocycles. The highest BCUT2D eigenvalue weighted by atomic mass is 35.5. The van der Waals surface area contributed by atoms with Gasteiger partial charge in [-0.3, -0.25) is 19.6 Å². The molecular weight excluding hydrogens is 414 g/mol. The first kappa shape index (κ1) is 19.8. The number of ether oxygens (including phenoxy) is 1. The van der Waals surface area contributed by atoms with E-state index in [4.69, 9.17) is 11.6 Å². The maximum atomic E-state index is 12.7. The summed E-state index contributed by atoms with van der Waals surface area (Å²) in [5.41, 5.74) is -0.349. The second-order valence-electron chi connectivity index (χ2n) is 5.71. The van der Waals surface area contributed by atoms with E-state index in [2.05, 4.69) is 24.7 Å². The number of nitrogens with zero attached hydrogens (tertiary/aromatic N) is 3. The zero-order valence-corrected chi connectivity index (χ0v) is 16.0. The van der Waals surface area contributed by atoms with Gasteiger partial charge in [0.15, 0.2) is 16.5 Å². The van der Waals surface area contributed by atoms with Crippen LogP contribution in [0.1, 0.15) is 29.4 Å². The predicted octanol–water partition coefficient (Wildman–Crippen LogP) is 0.497. The molecule has 1 fully saturated rings. The smallest absolute Gasteiger partial charge is 0.360 e. The van der Waals surface area contributed by atoms with Gasteiger partial charge in [0.25, 0.3) is 10.0 Å². The SMILES string of the molecule is COC(=O)c1ncn(C2CCC(=O)NC2=O)c1NS(=O)(=O)c1cccc(Cl)n1.